The molecule has 1 atom stereocenters. The number of carboxylic acid groups (broad SMARTS) is 1. The molecule has 0 aliphatic carbocycles. The lowest BCUT2D eigenvalue weighted by molar-refractivity contribution is -0.139. The summed E-state index contributed by atoms with van der Waals surface area (Å²) in [6, 6.07) is 10.6. The number of carbonyl (C=O) groups is 1. The number of hydrogen-bond donors (Lipinski definition) is 2. The van der Waals surface area contributed by atoms with Crippen LogP contribution in [0.15, 0.2) is 46.3 Å². The smallest absolute Gasteiger partial charge is 0.325 e. The van der Waals surface area contributed by atoms with Crippen LogP contribution in [0.5, 0.6) is 0 Å². The van der Waals surface area contributed by atoms with Crippen LogP contribution in [-0.4, -0.2) is 11.1 Å². The van der Waals surface area contributed by atoms with Crippen molar-refractivity contribution in [2.75, 3.05) is 0 Å². The molecule has 18 heavy (non-hydrogen) atoms. The molecule has 94 valence electrons. The Morgan fingerprint density at radius 3 is 2.61 bits per heavy atom. The number of thiophene rings is 1. The predicted molar refractivity (Wildman–Crippen MR) is 75.7 cm³/mol. The normalized spacial score (nSPS) is 12.3. The summed E-state index contributed by atoms with van der Waals surface area (Å²) < 4.78 is 0.939. The molecular weight excluding hydrogens is 314 g/mol. The molecule has 1 aromatic heterocycles. The maximum Gasteiger partial charge on any atom is 0.325 e. The van der Waals surface area contributed by atoms with E-state index in [0.29, 0.717) is 6.54 Å². The van der Waals surface area contributed by atoms with Crippen molar-refractivity contribution in [2.24, 2.45) is 0 Å². The minimum absolute atomic E-state index is 0.560. The van der Waals surface area contributed by atoms with Crippen LogP contribution in [0.3, 0.4) is 0 Å². The third-order valence-electron chi connectivity index (χ3n) is 2.51. The minimum atomic E-state index is -0.867. The molecule has 0 spiro atoms. The Labute approximate surface area is 118 Å². The molecule has 0 fully saturated rings. The maximum absolute atomic E-state index is 11.3. The second-order valence-electron chi connectivity index (χ2n) is 3.78. The van der Waals surface area contributed by atoms with E-state index < -0.39 is 12.0 Å². The van der Waals surface area contributed by atoms with Gasteiger partial charge in [0, 0.05) is 15.9 Å². The van der Waals surface area contributed by atoms with Gasteiger partial charge >= 0.3 is 5.97 Å². The third-order valence-corrected chi connectivity index (χ3v) is 3.92. The number of benzene rings is 1. The Hall–Kier alpha value is -1.17. The topological polar surface area (TPSA) is 49.3 Å². The van der Waals surface area contributed by atoms with Crippen LogP contribution in [0.25, 0.3) is 0 Å². The van der Waals surface area contributed by atoms with Crippen molar-refractivity contribution in [1.29, 1.82) is 0 Å². The van der Waals surface area contributed by atoms with Gasteiger partial charge in [-0.1, -0.05) is 34.1 Å². The zero-order valence-electron chi connectivity index (χ0n) is 9.47. The van der Waals surface area contributed by atoms with E-state index in [1.807, 2.05) is 41.8 Å². The first-order valence-electron chi connectivity index (χ1n) is 5.41. The summed E-state index contributed by atoms with van der Waals surface area (Å²) in [6.07, 6.45) is 0. The lowest BCUT2D eigenvalue weighted by Gasteiger charge is -2.14. The SMILES string of the molecule is O=C(O)C(NCc1cccs1)c1ccc(Br)cc1. The van der Waals surface area contributed by atoms with Crippen LogP contribution in [0, 0.1) is 0 Å². The monoisotopic (exact) mass is 325 g/mol. The molecule has 0 aliphatic rings. The molecule has 2 aromatic rings. The first-order chi connectivity index (χ1) is 8.66. The lowest BCUT2D eigenvalue weighted by atomic mass is 10.1. The molecule has 1 unspecified atom stereocenters. The Bertz CT molecular complexity index is 510. The first-order valence-corrected chi connectivity index (χ1v) is 7.08. The van der Waals surface area contributed by atoms with E-state index >= 15 is 0 Å². The van der Waals surface area contributed by atoms with Gasteiger partial charge in [0.15, 0.2) is 0 Å². The predicted octanol–water partition coefficient (Wildman–Crippen LogP) is 3.43. The van der Waals surface area contributed by atoms with Crippen molar-refractivity contribution in [3.63, 3.8) is 0 Å². The van der Waals surface area contributed by atoms with E-state index in [1.165, 1.54) is 0 Å². The fourth-order valence-electron chi connectivity index (χ4n) is 1.62. The van der Waals surface area contributed by atoms with Crippen molar-refractivity contribution in [3.8, 4) is 0 Å². The second-order valence-corrected chi connectivity index (χ2v) is 5.73. The Morgan fingerprint density at radius 2 is 2.06 bits per heavy atom. The Morgan fingerprint density at radius 1 is 1.33 bits per heavy atom. The first kappa shape index (κ1) is 13.3. The van der Waals surface area contributed by atoms with Crippen LogP contribution in [0.2, 0.25) is 0 Å². The number of aliphatic carboxylic acids is 1. The van der Waals surface area contributed by atoms with Crippen LogP contribution in [0.4, 0.5) is 0 Å². The molecule has 0 radical (unpaired) electrons. The van der Waals surface area contributed by atoms with Crippen LogP contribution in [-0.2, 0) is 11.3 Å². The zero-order valence-corrected chi connectivity index (χ0v) is 11.9. The van der Waals surface area contributed by atoms with E-state index in [0.717, 1.165) is 14.9 Å². The van der Waals surface area contributed by atoms with E-state index in [4.69, 9.17) is 0 Å². The molecular formula is C13H12BrNO2S. The Balaban J connectivity index is 2.08. The van der Waals surface area contributed by atoms with Gasteiger partial charge in [-0.3, -0.25) is 10.1 Å². The Kier molecular flexibility index (Phi) is 4.52. The number of rotatable bonds is 5. The second kappa shape index (κ2) is 6.13. The fraction of sp³-hybridized carbons (Fsp3) is 0.154. The molecule has 0 saturated carbocycles. The number of nitrogens with one attached hydrogen (secondary N) is 1. The fourth-order valence-corrected chi connectivity index (χ4v) is 2.54. The minimum Gasteiger partial charge on any atom is -0.480 e. The molecule has 2 rings (SSSR count). The summed E-state index contributed by atoms with van der Waals surface area (Å²) in [5.74, 6) is -0.867. The highest BCUT2D eigenvalue weighted by Gasteiger charge is 2.18. The van der Waals surface area contributed by atoms with Crippen molar-refractivity contribution in [2.45, 2.75) is 12.6 Å². The summed E-state index contributed by atoms with van der Waals surface area (Å²) >= 11 is 4.95. The average molecular weight is 326 g/mol. The van der Waals surface area contributed by atoms with Crippen LogP contribution >= 0.6 is 27.3 Å². The van der Waals surface area contributed by atoms with E-state index in [2.05, 4.69) is 21.2 Å². The molecule has 2 N–H and O–H groups in total. The third kappa shape index (κ3) is 3.41. The number of hydrogen-bond acceptors (Lipinski definition) is 3. The molecule has 0 saturated heterocycles. The summed E-state index contributed by atoms with van der Waals surface area (Å²) in [7, 11) is 0. The van der Waals surface area contributed by atoms with Gasteiger partial charge in [-0.2, -0.15) is 0 Å². The van der Waals surface area contributed by atoms with Gasteiger partial charge in [0.2, 0.25) is 0 Å². The van der Waals surface area contributed by atoms with E-state index in [9.17, 15) is 9.90 Å². The van der Waals surface area contributed by atoms with Gasteiger partial charge in [0.05, 0.1) is 0 Å². The maximum atomic E-state index is 11.3. The molecule has 0 aliphatic heterocycles. The van der Waals surface area contributed by atoms with Gasteiger partial charge in [-0.25, -0.2) is 0 Å². The molecule has 3 nitrogen and oxygen atoms in total. The molecule has 0 bridgehead atoms. The van der Waals surface area contributed by atoms with Crippen molar-refractivity contribution in [3.05, 3.63) is 56.7 Å². The van der Waals surface area contributed by atoms with E-state index in [1.54, 1.807) is 11.3 Å². The van der Waals surface area contributed by atoms with Gasteiger partial charge < -0.3 is 5.11 Å². The standard InChI is InChI=1S/C13H12BrNO2S/c14-10-5-3-9(4-6-10)12(13(16)17)15-8-11-2-1-7-18-11/h1-7,12,15H,8H2,(H,16,17). The van der Waals surface area contributed by atoms with Gasteiger partial charge in [-0.05, 0) is 29.1 Å². The summed E-state index contributed by atoms with van der Waals surface area (Å²) in [4.78, 5) is 12.4. The summed E-state index contributed by atoms with van der Waals surface area (Å²) in [6.45, 7) is 0.560. The highest BCUT2D eigenvalue weighted by atomic mass is 79.9. The lowest BCUT2D eigenvalue weighted by Crippen LogP contribution is -2.27. The number of halogens is 1. The van der Waals surface area contributed by atoms with Crippen molar-refractivity contribution < 1.29 is 9.90 Å². The molecule has 1 heterocycles. The van der Waals surface area contributed by atoms with Crippen molar-refractivity contribution >= 4 is 33.2 Å². The molecule has 1 aromatic carbocycles. The van der Waals surface area contributed by atoms with Gasteiger partial charge in [0.1, 0.15) is 6.04 Å². The van der Waals surface area contributed by atoms with Crippen LogP contribution in [0.1, 0.15) is 16.5 Å². The average Bonchev–Trinajstić information content (AvgIpc) is 2.84. The van der Waals surface area contributed by atoms with E-state index in [-0.39, 0.29) is 0 Å². The number of carboxylic acids is 1. The van der Waals surface area contributed by atoms with Gasteiger partial charge in [0.25, 0.3) is 0 Å². The van der Waals surface area contributed by atoms with Gasteiger partial charge in [-0.15, -0.1) is 11.3 Å². The quantitative estimate of drug-likeness (QED) is 0.885. The highest BCUT2D eigenvalue weighted by Crippen LogP contribution is 2.18. The highest BCUT2D eigenvalue weighted by molar-refractivity contribution is 9.10. The van der Waals surface area contributed by atoms with Crippen molar-refractivity contribution in [1.82, 2.24) is 5.32 Å². The molecule has 0 amide bonds. The van der Waals surface area contributed by atoms with Crippen LogP contribution < -0.4 is 5.32 Å². The summed E-state index contributed by atoms with van der Waals surface area (Å²) in [5, 5.41) is 14.3. The summed E-state index contributed by atoms with van der Waals surface area (Å²) in [5.41, 5.74) is 0.752. The largest absolute Gasteiger partial charge is 0.480 e. The zero-order chi connectivity index (χ0) is 13.0. The molecule has 5 heteroatoms.